The quantitative estimate of drug-likeness (QED) is 0.574. The normalized spacial score (nSPS) is 13.6. The maximum atomic E-state index is 11.7. The topological polar surface area (TPSA) is 126 Å². The molecule has 0 aliphatic heterocycles. The molecule has 0 bridgehead atoms. The third-order valence-corrected chi connectivity index (χ3v) is 2.98. The van der Waals surface area contributed by atoms with Gasteiger partial charge in [0.2, 0.25) is 5.91 Å². The number of carbonyl (C=O) groups is 2. The molecule has 1 aromatic rings. The van der Waals surface area contributed by atoms with Crippen molar-refractivity contribution < 1.29 is 19.6 Å². The molecule has 1 heterocycles. The minimum absolute atomic E-state index is 0.0130. The van der Waals surface area contributed by atoms with E-state index in [-0.39, 0.29) is 29.9 Å². The molecule has 0 atom stereocenters. The third-order valence-electron chi connectivity index (χ3n) is 2.98. The summed E-state index contributed by atoms with van der Waals surface area (Å²) < 4.78 is 0. The van der Waals surface area contributed by atoms with Crippen molar-refractivity contribution in [2.24, 2.45) is 0 Å². The minimum Gasteiger partial charge on any atom is -0.478 e. The van der Waals surface area contributed by atoms with Gasteiger partial charge in [0, 0.05) is 19.2 Å². The van der Waals surface area contributed by atoms with E-state index in [4.69, 9.17) is 5.11 Å². The van der Waals surface area contributed by atoms with Crippen LogP contribution in [0.15, 0.2) is 12.3 Å². The van der Waals surface area contributed by atoms with Gasteiger partial charge in [-0.3, -0.25) is 14.9 Å². The molecular formula is C12H14N4O5. The molecule has 2 rings (SSSR count). The smallest absolute Gasteiger partial charge is 0.339 e. The second kappa shape index (κ2) is 5.73. The predicted octanol–water partition coefficient (Wildman–Crippen LogP) is 0.403. The lowest BCUT2D eigenvalue weighted by molar-refractivity contribution is -0.385. The van der Waals surface area contributed by atoms with Gasteiger partial charge in [-0.05, 0) is 12.8 Å². The first-order valence-corrected chi connectivity index (χ1v) is 6.26. The van der Waals surface area contributed by atoms with Crippen LogP contribution in [0, 0.1) is 10.1 Å². The Hall–Kier alpha value is -2.71. The van der Waals surface area contributed by atoms with Gasteiger partial charge in [0.15, 0.2) is 0 Å². The fourth-order valence-electron chi connectivity index (χ4n) is 1.80. The van der Waals surface area contributed by atoms with Gasteiger partial charge in [-0.15, -0.1) is 0 Å². The number of carboxylic acids is 1. The Bertz CT molecular complexity index is 599. The fraction of sp³-hybridized carbons (Fsp3) is 0.417. The van der Waals surface area contributed by atoms with Gasteiger partial charge in [-0.1, -0.05) is 0 Å². The summed E-state index contributed by atoms with van der Waals surface area (Å²) in [7, 11) is 1.51. The summed E-state index contributed by atoms with van der Waals surface area (Å²) in [5.41, 5.74) is -0.724. The van der Waals surface area contributed by atoms with Crippen molar-refractivity contribution in [3.8, 4) is 0 Å². The molecule has 9 nitrogen and oxygen atoms in total. The second-order valence-corrected chi connectivity index (χ2v) is 4.82. The highest BCUT2D eigenvalue weighted by Gasteiger charge is 2.25. The number of aromatic nitrogens is 1. The highest BCUT2D eigenvalue weighted by molar-refractivity contribution is 5.95. The van der Waals surface area contributed by atoms with E-state index in [2.05, 4.69) is 10.3 Å². The first kappa shape index (κ1) is 14.7. The van der Waals surface area contributed by atoms with Crippen LogP contribution in [0.4, 0.5) is 11.5 Å². The molecule has 1 saturated carbocycles. The van der Waals surface area contributed by atoms with Gasteiger partial charge in [0.05, 0.1) is 11.5 Å². The zero-order valence-corrected chi connectivity index (χ0v) is 11.3. The highest BCUT2D eigenvalue weighted by atomic mass is 16.6. The Labute approximate surface area is 119 Å². The fourth-order valence-corrected chi connectivity index (χ4v) is 1.80. The number of hydrogen-bond acceptors (Lipinski definition) is 6. The molecule has 0 unspecified atom stereocenters. The molecule has 1 aliphatic rings. The maximum absolute atomic E-state index is 11.7. The number of nitrogens with zero attached hydrogens (tertiary/aromatic N) is 3. The Kier molecular flexibility index (Phi) is 4.01. The molecule has 1 fully saturated rings. The Morgan fingerprint density at radius 3 is 2.76 bits per heavy atom. The summed E-state index contributed by atoms with van der Waals surface area (Å²) in [4.78, 5) is 38.0. The van der Waals surface area contributed by atoms with Crippen molar-refractivity contribution in [3.05, 3.63) is 27.9 Å². The van der Waals surface area contributed by atoms with E-state index < -0.39 is 16.6 Å². The van der Waals surface area contributed by atoms with Crippen LogP contribution in [0.2, 0.25) is 0 Å². The van der Waals surface area contributed by atoms with E-state index in [1.807, 2.05) is 0 Å². The average Bonchev–Trinajstić information content (AvgIpc) is 3.21. The zero-order chi connectivity index (χ0) is 15.6. The van der Waals surface area contributed by atoms with Gasteiger partial charge in [0.25, 0.3) is 5.69 Å². The van der Waals surface area contributed by atoms with Crippen LogP contribution in [0.5, 0.6) is 0 Å². The van der Waals surface area contributed by atoms with Crippen molar-refractivity contribution in [2.45, 2.75) is 18.9 Å². The van der Waals surface area contributed by atoms with Crippen molar-refractivity contribution in [1.29, 1.82) is 0 Å². The van der Waals surface area contributed by atoms with Gasteiger partial charge < -0.3 is 15.3 Å². The molecule has 112 valence electrons. The number of carboxylic acid groups (broad SMARTS) is 1. The predicted molar refractivity (Wildman–Crippen MR) is 72.3 cm³/mol. The van der Waals surface area contributed by atoms with Gasteiger partial charge in [-0.25, -0.2) is 9.78 Å². The first-order chi connectivity index (χ1) is 9.88. The molecule has 2 N–H and O–H groups in total. The molecule has 1 aliphatic carbocycles. The Morgan fingerprint density at radius 2 is 2.24 bits per heavy atom. The summed E-state index contributed by atoms with van der Waals surface area (Å²) >= 11 is 0. The van der Waals surface area contributed by atoms with Crippen molar-refractivity contribution >= 4 is 23.4 Å². The molecule has 0 saturated heterocycles. The van der Waals surface area contributed by atoms with E-state index >= 15 is 0 Å². The second-order valence-electron chi connectivity index (χ2n) is 4.82. The van der Waals surface area contributed by atoms with Crippen molar-refractivity contribution in [1.82, 2.24) is 10.3 Å². The van der Waals surface area contributed by atoms with E-state index in [0.717, 1.165) is 25.1 Å². The molecule has 0 spiro atoms. The van der Waals surface area contributed by atoms with Gasteiger partial charge in [0.1, 0.15) is 17.6 Å². The summed E-state index contributed by atoms with van der Waals surface area (Å²) in [6.45, 7) is -0.0679. The number of carbonyl (C=O) groups excluding carboxylic acids is 1. The number of rotatable bonds is 6. The summed E-state index contributed by atoms with van der Waals surface area (Å²) in [6, 6.07) is 1.13. The lowest BCUT2D eigenvalue weighted by Crippen LogP contribution is -2.37. The van der Waals surface area contributed by atoms with E-state index in [9.17, 15) is 19.7 Å². The number of anilines is 1. The summed E-state index contributed by atoms with van der Waals surface area (Å²) in [5, 5.41) is 22.5. The standard InChI is InChI=1S/C12H14N4O5/c1-15(6-10(17)14-7-2-3-7)11-9(12(18)19)4-8(5-13-11)16(20)21/h4-5,7H,2-3,6H2,1H3,(H,14,17)(H,18,19). The molecule has 1 aromatic heterocycles. The van der Waals surface area contributed by atoms with Crippen LogP contribution >= 0.6 is 0 Å². The number of nitro groups is 1. The molecule has 9 heteroatoms. The Morgan fingerprint density at radius 1 is 1.57 bits per heavy atom. The first-order valence-electron chi connectivity index (χ1n) is 6.26. The number of hydrogen-bond donors (Lipinski definition) is 2. The lowest BCUT2D eigenvalue weighted by Gasteiger charge is -2.19. The van der Waals surface area contributed by atoms with Crippen molar-refractivity contribution in [2.75, 3.05) is 18.5 Å². The summed E-state index contributed by atoms with van der Waals surface area (Å²) in [6.07, 6.45) is 2.87. The third kappa shape index (κ3) is 3.65. The van der Waals surface area contributed by atoms with Crippen LogP contribution in [0.25, 0.3) is 0 Å². The van der Waals surface area contributed by atoms with Crippen LogP contribution in [-0.2, 0) is 4.79 Å². The lowest BCUT2D eigenvalue weighted by atomic mass is 10.2. The summed E-state index contributed by atoms with van der Waals surface area (Å²) in [5.74, 6) is -1.56. The SMILES string of the molecule is CN(CC(=O)NC1CC1)c1ncc([N+](=O)[O-])cc1C(=O)O. The number of pyridine rings is 1. The van der Waals surface area contributed by atoms with Gasteiger partial charge >= 0.3 is 5.97 Å². The number of aromatic carboxylic acids is 1. The molecule has 21 heavy (non-hydrogen) atoms. The largest absolute Gasteiger partial charge is 0.478 e. The van der Waals surface area contributed by atoms with E-state index in [0.29, 0.717) is 0 Å². The monoisotopic (exact) mass is 294 g/mol. The van der Waals surface area contributed by atoms with Crippen LogP contribution < -0.4 is 10.2 Å². The van der Waals surface area contributed by atoms with E-state index in [1.165, 1.54) is 11.9 Å². The molecule has 0 radical (unpaired) electrons. The maximum Gasteiger partial charge on any atom is 0.339 e. The number of amides is 1. The Balaban J connectivity index is 2.18. The minimum atomic E-state index is -1.34. The average molecular weight is 294 g/mol. The highest BCUT2D eigenvalue weighted by Crippen LogP contribution is 2.22. The van der Waals surface area contributed by atoms with Crippen LogP contribution in [0.1, 0.15) is 23.2 Å². The molecule has 0 aromatic carbocycles. The van der Waals surface area contributed by atoms with Crippen LogP contribution in [0.3, 0.4) is 0 Å². The van der Waals surface area contributed by atoms with Crippen molar-refractivity contribution in [3.63, 3.8) is 0 Å². The van der Waals surface area contributed by atoms with E-state index in [1.54, 1.807) is 0 Å². The number of likely N-dealkylation sites (N-methyl/N-ethyl adjacent to an activating group) is 1. The molecule has 1 amide bonds. The molecular weight excluding hydrogens is 280 g/mol. The zero-order valence-electron chi connectivity index (χ0n) is 11.3. The number of nitrogens with one attached hydrogen (secondary N) is 1. The van der Waals surface area contributed by atoms with Gasteiger partial charge in [-0.2, -0.15) is 0 Å². The van der Waals surface area contributed by atoms with Crippen LogP contribution in [-0.4, -0.2) is 46.5 Å².